The topological polar surface area (TPSA) is 41.5 Å². The number of nitrogens with zero attached hydrogens (tertiary/aromatic N) is 4. The fraction of sp³-hybridized carbons (Fsp3) is 0.188. The molecule has 0 bridgehead atoms. The Labute approximate surface area is 217 Å². The lowest BCUT2D eigenvalue weighted by molar-refractivity contribution is 0.264. The van der Waals surface area contributed by atoms with E-state index in [0.717, 1.165) is 40.0 Å². The number of ether oxygens (including phenoxy) is 1. The minimum atomic E-state index is -0.406. The standard InChI is InChI=1S/C32H28N4O/c1-32(2,26-18-11-17-25-24-16-9-10-19-27(24)37-29(25)26)28-20-33-30-31(34-28)36(23-14-7-4-8-15-23)21-35(30)22-12-5-3-6-13-22/h3-20,24,27H,21H2,1-2H3. The summed E-state index contributed by atoms with van der Waals surface area (Å²) >= 11 is 0. The van der Waals surface area contributed by atoms with Crippen molar-refractivity contribution in [3.8, 4) is 5.75 Å². The Hall–Kier alpha value is -4.38. The summed E-state index contributed by atoms with van der Waals surface area (Å²) in [5.41, 5.74) is 5.09. The number of allylic oxidation sites excluding steroid dienone is 2. The fourth-order valence-corrected chi connectivity index (χ4v) is 5.64. The number of hydrogen-bond acceptors (Lipinski definition) is 5. The summed E-state index contributed by atoms with van der Waals surface area (Å²) in [5, 5.41) is 0. The first kappa shape index (κ1) is 21.9. The Balaban J connectivity index is 1.33. The van der Waals surface area contributed by atoms with E-state index >= 15 is 0 Å². The molecule has 2 atom stereocenters. The van der Waals surface area contributed by atoms with Gasteiger partial charge in [0.15, 0.2) is 11.6 Å². The number of aromatic nitrogens is 2. The number of para-hydroxylation sites is 3. The molecule has 1 aromatic heterocycles. The number of fused-ring (bicyclic) bond motifs is 4. The number of rotatable bonds is 4. The lowest BCUT2D eigenvalue weighted by Gasteiger charge is -2.27. The summed E-state index contributed by atoms with van der Waals surface area (Å²) in [5.74, 6) is 2.97. The van der Waals surface area contributed by atoms with Gasteiger partial charge in [-0.15, -0.1) is 0 Å². The van der Waals surface area contributed by atoms with Gasteiger partial charge in [-0.25, -0.2) is 9.97 Å². The van der Waals surface area contributed by atoms with Crippen molar-refractivity contribution in [2.24, 2.45) is 0 Å². The molecule has 0 saturated heterocycles. The quantitative estimate of drug-likeness (QED) is 0.311. The van der Waals surface area contributed by atoms with Crippen LogP contribution in [0.3, 0.4) is 0 Å². The Morgan fingerprint density at radius 1 is 0.784 bits per heavy atom. The van der Waals surface area contributed by atoms with Gasteiger partial charge in [-0.1, -0.05) is 72.8 Å². The van der Waals surface area contributed by atoms with Gasteiger partial charge in [-0.2, -0.15) is 0 Å². The zero-order chi connectivity index (χ0) is 25.0. The molecule has 0 spiro atoms. The maximum Gasteiger partial charge on any atom is 0.178 e. The second-order valence-corrected chi connectivity index (χ2v) is 10.3. The fourth-order valence-electron chi connectivity index (χ4n) is 5.64. The predicted octanol–water partition coefficient (Wildman–Crippen LogP) is 7.02. The van der Waals surface area contributed by atoms with Crippen LogP contribution in [-0.4, -0.2) is 22.7 Å². The van der Waals surface area contributed by atoms with Crippen molar-refractivity contribution < 1.29 is 4.74 Å². The van der Waals surface area contributed by atoms with E-state index in [9.17, 15) is 0 Å². The monoisotopic (exact) mass is 484 g/mol. The summed E-state index contributed by atoms with van der Waals surface area (Å²) in [7, 11) is 0. The van der Waals surface area contributed by atoms with Crippen LogP contribution in [0.1, 0.15) is 36.6 Å². The molecular formula is C32H28N4O. The number of benzene rings is 3. The van der Waals surface area contributed by atoms with E-state index in [1.807, 2.05) is 18.3 Å². The average molecular weight is 485 g/mol. The van der Waals surface area contributed by atoms with E-state index in [1.54, 1.807) is 0 Å². The van der Waals surface area contributed by atoms with E-state index in [-0.39, 0.29) is 12.0 Å². The molecule has 2 unspecified atom stereocenters. The highest BCUT2D eigenvalue weighted by atomic mass is 16.5. The third-order valence-electron chi connectivity index (χ3n) is 7.72. The molecule has 182 valence electrons. The molecule has 5 heteroatoms. The molecule has 2 aliphatic heterocycles. The van der Waals surface area contributed by atoms with E-state index < -0.39 is 5.41 Å². The molecule has 0 N–H and O–H groups in total. The van der Waals surface area contributed by atoms with Gasteiger partial charge in [0.1, 0.15) is 18.5 Å². The molecule has 5 nitrogen and oxygen atoms in total. The van der Waals surface area contributed by atoms with Crippen LogP contribution in [0, 0.1) is 0 Å². The third-order valence-corrected chi connectivity index (χ3v) is 7.72. The third kappa shape index (κ3) is 3.45. The van der Waals surface area contributed by atoms with Crippen molar-refractivity contribution in [1.29, 1.82) is 0 Å². The average Bonchev–Trinajstić information content (AvgIpc) is 3.52. The molecule has 7 rings (SSSR count). The van der Waals surface area contributed by atoms with Crippen molar-refractivity contribution in [2.75, 3.05) is 16.5 Å². The molecule has 0 radical (unpaired) electrons. The highest BCUT2D eigenvalue weighted by Gasteiger charge is 2.39. The van der Waals surface area contributed by atoms with Crippen LogP contribution >= 0.6 is 0 Å². The smallest absolute Gasteiger partial charge is 0.178 e. The zero-order valence-electron chi connectivity index (χ0n) is 21.0. The van der Waals surface area contributed by atoms with E-state index in [4.69, 9.17) is 14.7 Å². The van der Waals surface area contributed by atoms with Gasteiger partial charge in [0, 0.05) is 33.8 Å². The minimum absolute atomic E-state index is 0.0519. The van der Waals surface area contributed by atoms with Crippen LogP contribution < -0.4 is 14.5 Å². The molecule has 3 aromatic carbocycles. The Morgan fingerprint density at radius 2 is 1.46 bits per heavy atom. The first-order valence-electron chi connectivity index (χ1n) is 12.8. The van der Waals surface area contributed by atoms with E-state index in [2.05, 4.69) is 115 Å². The van der Waals surface area contributed by atoms with Crippen LogP contribution in [-0.2, 0) is 5.41 Å². The molecule has 3 aliphatic rings. The summed E-state index contributed by atoms with van der Waals surface area (Å²) in [6.07, 6.45) is 10.5. The lowest BCUT2D eigenvalue weighted by atomic mass is 9.79. The normalized spacial score (nSPS) is 19.4. The Morgan fingerprint density at radius 3 is 2.19 bits per heavy atom. The van der Waals surface area contributed by atoms with Crippen LogP contribution in [0.4, 0.5) is 23.0 Å². The summed E-state index contributed by atoms with van der Waals surface area (Å²) in [6.45, 7) is 5.08. The summed E-state index contributed by atoms with van der Waals surface area (Å²) in [4.78, 5) is 14.8. The number of anilines is 4. The van der Waals surface area contributed by atoms with Crippen molar-refractivity contribution in [3.63, 3.8) is 0 Å². The summed E-state index contributed by atoms with van der Waals surface area (Å²) < 4.78 is 6.50. The van der Waals surface area contributed by atoms with Gasteiger partial charge in [0.25, 0.3) is 0 Å². The molecule has 1 aliphatic carbocycles. The van der Waals surface area contributed by atoms with Crippen molar-refractivity contribution in [2.45, 2.75) is 31.3 Å². The van der Waals surface area contributed by atoms with E-state index in [1.165, 1.54) is 5.56 Å². The molecule has 0 fully saturated rings. The maximum atomic E-state index is 6.50. The first-order valence-corrected chi connectivity index (χ1v) is 12.8. The highest BCUT2D eigenvalue weighted by Crippen LogP contribution is 2.49. The zero-order valence-corrected chi connectivity index (χ0v) is 21.0. The number of hydrogen-bond donors (Lipinski definition) is 0. The van der Waals surface area contributed by atoms with Crippen molar-refractivity contribution in [1.82, 2.24) is 9.97 Å². The Bertz CT molecular complexity index is 1530. The van der Waals surface area contributed by atoms with Gasteiger partial charge in [0.2, 0.25) is 0 Å². The van der Waals surface area contributed by atoms with Gasteiger partial charge in [-0.05, 0) is 44.2 Å². The van der Waals surface area contributed by atoms with Gasteiger partial charge < -0.3 is 14.5 Å². The van der Waals surface area contributed by atoms with Crippen molar-refractivity contribution in [3.05, 3.63) is 126 Å². The molecule has 0 saturated carbocycles. The van der Waals surface area contributed by atoms with Crippen LogP contribution in [0.2, 0.25) is 0 Å². The second kappa shape index (κ2) is 8.34. The van der Waals surface area contributed by atoms with Crippen LogP contribution in [0.15, 0.2) is 109 Å². The first-order chi connectivity index (χ1) is 18.1. The minimum Gasteiger partial charge on any atom is -0.485 e. The second-order valence-electron chi connectivity index (χ2n) is 10.3. The molecule has 3 heterocycles. The SMILES string of the molecule is CC(C)(c1cnc2c(n1)N(c1ccccc1)CN2c1ccccc1)c1cccc2c1OC1C=CC=CC21. The maximum absolute atomic E-state index is 6.50. The van der Waals surface area contributed by atoms with Crippen molar-refractivity contribution >= 4 is 23.0 Å². The highest BCUT2D eigenvalue weighted by molar-refractivity contribution is 5.82. The summed E-state index contributed by atoms with van der Waals surface area (Å²) in [6, 6.07) is 27.3. The molecule has 4 aromatic rings. The van der Waals surface area contributed by atoms with Crippen LogP contribution in [0.5, 0.6) is 5.75 Å². The molecule has 0 amide bonds. The lowest BCUT2D eigenvalue weighted by Crippen LogP contribution is -2.24. The predicted molar refractivity (Wildman–Crippen MR) is 148 cm³/mol. The van der Waals surface area contributed by atoms with Gasteiger partial charge in [0.05, 0.1) is 11.9 Å². The van der Waals surface area contributed by atoms with Gasteiger partial charge >= 0.3 is 0 Å². The molecule has 37 heavy (non-hydrogen) atoms. The van der Waals surface area contributed by atoms with Crippen LogP contribution in [0.25, 0.3) is 0 Å². The van der Waals surface area contributed by atoms with E-state index in [0.29, 0.717) is 6.67 Å². The largest absolute Gasteiger partial charge is 0.485 e. The Kier molecular flexibility index (Phi) is 4.93. The molecular weight excluding hydrogens is 456 g/mol. The van der Waals surface area contributed by atoms with Gasteiger partial charge in [-0.3, -0.25) is 0 Å².